The lowest BCUT2D eigenvalue weighted by Crippen LogP contribution is -2.49. The Labute approximate surface area is 176 Å². The van der Waals surface area contributed by atoms with E-state index in [1.165, 1.54) is 0 Å². The number of ether oxygens (including phenoxy) is 3. The number of hydrogen-bond donors (Lipinski definition) is 1. The number of para-hydroxylation sites is 2. The van der Waals surface area contributed by atoms with Crippen molar-refractivity contribution in [2.24, 2.45) is 0 Å². The molecule has 7 heteroatoms. The molecule has 1 N–H and O–H groups in total. The predicted octanol–water partition coefficient (Wildman–Crippen LogP) is 2.68. The summed E-state index contributed by atoms with van der Waals surface area (Å²) in [5.41, 5.74) is 1.15. The molecule has 2 heterocycles. The summed E-state index contributed by atoms with van der Waals surface area (Å²) in [5.74, 6) is 1.51. The highest BCUT2D eigenvalue weighted by atomic mass is 35.5. The van der Waals surface area contributed by atoms with E-state index in [1.807, 2.05) is 42.5 Å². The third kappa shape index (κ3) is 5.54. The number of aliphatic hydroxyl groups is 1. The molecule has 2 aliphatic heterocycles. The van der Waals surface area contributed by atoms with Gasteiger partial charge in [-0.05, 0) is 30.3 Å². The van der Waals surface area contributed by atoms with Gasteiger partial charge in [0.15, 0.2) is 17.6 Å². The van der Waals surface area contributed by atoms with Gasteiger partial charge in [-0.1, -0.05) is 29.8 Å². The van der Waals surface area contributed by atoms with Crippen LogP contribution in [0, 0.1) is 0 Å². The third-order valence-electron chi connectivity index (χ3n) is 5.20. The number of rotatable bonds is 7. The van der Waals surface area contributed by atoms with Crippen LogP contribution in [-0.2, 0) is 4.74 Å². The van der Waals surface area contributed by atoms with E-state index in [0.717, 1.165) is 48.4 Å². The van der Waals surface area contributed by atoms with Crippen LogP contribution >= 0.6 is 11.6 Å². The zero-order chi connectivity index (χ0) is 20.1. The van der Waals surface area contributed by atoms with Crippen LogP contribution in [0.2, 0.25) is 5.02 Å². The van der Waals surface area contributed by atoms with Gasteiger partial charge in [0.2, 0.25) is 0 Å². The molecule has 0 saturated carbocycles. The van der Waals surface area contributed by atoms with Gasteiger partial charge in [-0.25, -0.2) is 0 Å². The molecule has 1 saturated heterocycles. The van der Waals surface area contributed by atoms with Crippen molar-refractivity contribution in [1.29, 1.82) is 0 Å². The summed E-state index contributed by atoms with van der Waals surface area (Å²) in [7, 11) is 0. The Morgan fingerprint density at radius 1 is 1.07 bits per heavy atom. The Morgan fingerprint density at radius 3 is 2.66 bits per heavy atom. The molecule has 2 aromatic rings. The highest BCUT2D eigenvalue weighted by Gasteiger charge is 2.22. The summed E-state index contributed by atoms with van der Waals surface area (Å²) in [4.78, 5) is 4.59. The van der Waals surface area contributed by atoms with Crippen molar-refractivity contribution in [2.45, 2.75) is 12.2 Å². The molecule has 0 unspecified atom stereocenters. The summed E-state index contributed by atoms with van der Waals surface area (Å²) < 4.78 is 17.2. The zero-order valence-electron chi connectivity index (χ0n) is 16.4. The van der Waals surface area contributed by atoms with E-state index in [4.69, 9.17) is 25.8 Å². The normalized spacial score (nSPS) is 20.5. The molecule has 0 aliphatic carbocycles. The van der Waals surface area contributed by atoms with Crippen LogP contribution in [0.25, 0.3) is 0 Å². The van der Waals surface area contributed by atoms with Gasteiger partial charge in [-0.2, -0.15) is 0 Å². The largest absolute Gasteiger partial charge is 0.486 e. The second kappa shape index (κ2) is 9.67. The second-order valence-electron chi connectivity index (χ2n) is 7.46. The molecule has 4 rings (SSSR count). The molecule has 156 valence electrons. The third-order valence-corrected chi connectivity index (χ3v) is 5.43. The van der Waals surface area contributed by atoms with Gasteiger partial charge in [-0.3, -0.25) is 4.90 Å². The smallest absolute Gasteiger partial charge is 0.161 e. The summed E-state index contributed by atoms with van der Waals surface area (Å²) in [6.07, 6.45) is -0.678. The predicted molar refractivity (Wildman–Crippen MR) is 113 cm³/mol. The second-order valence-corrected chi connectivity index (χ2v) is 7.89. The van der Waals surface area contributed by atoms with Crippen molar-refractivity contribution < 1.29 is 19.3 Å². The van der Waals surface area contributed by atoms with Crippen LogP contribution in [-0.4, -0.2) is 74.8 Å². The number of aliphatic hydroxyl groups excluding tert-OH is 1. The van der Waals surface area contributed by atoms with Crippen molar-refractivity contribution in [1.82, 2.24) is 4.90 Å². The number of nitrogens with zero attached hydrogens (tertiary/aromatic N) is 2. The Balaban J connectivity index is 1.14. The van der Waals surface area contributed by atoms with E-state index >= 15 is 0 Å². The SMILES string of the molecule is O[C@@H](COC[C@H]1COc2ccccc2O1)CN1CCN(c2cccc(Cl)c2)CC1. The zero-order valence-corrected chi connectivity index (χ0v) is 17.1. The minimum absolute atomic E-state index is 0.154. The number of β-amino-alcohol motifs (C(OH)–C–C–N with tert-alkyl or cyclic N) is 1. The minimum atomic E-state index is -0.524. The molecule has 0 bridgehead atoms. The van der Waals surface area contributed by atoms with E-state index in [9.17, 15) is 5.11 Å². The Morgan fingerprint density at radius 2 is 1.86 bits per heavy atom. The molecule has 0 amide bonds. The van der Waals surface area contributed by atoms with Crippen LogP contribution in [0.4, 0.5) is 5.69 Å². The summed E-state index contributed by atoms with van der Waals surface area (Å²) in [5, 5.41) is 11.1. The fraction of sp³-hybridized carbons (Fsp3) is 0.455. The maximum absolute atomic E-state index is 10.3. The number of hydrogen-bond acceptors (Lipinski definition) is 6. The van der Waals surface area contributed by atoms with Gasteiger partial charge in [0.25, 0.3) is 0 Å². The Hall–Kier alpha value is -1.99. The maximum atomic E-state index is 10.3. The van der Waals surface area contributed by atoms with Crippen LogP contribution < -0.4 is 14.4 Å². The molecular weight excluding hydrogens is 392 g/mol. The Kier molecular flexibility index (Phi) is 6.77. The number of benzene rings is 2. The van der Waals surface area contributed by atoms with Crippen LogP contribution in [0.1, 0.15) is 0 Å². The van der Waals surface area contributed by atoms with Crippen molar-refractivity contribution in [3.63, 3.8) is 0 Å². The van der Waals surface area contributed by atoms with E-state index in [1.54, 1.807) is 0 Å². The van der Waals surface area contributed by atoms with Gasteiger partial charge < -0.3 is 24.2 Å². The summed E-state index contributed by atoms with van der Waals surface area (Å²) in [6, 6.07) is 15.6. The fourth-order valence-corrected chi connectivity index (χ4v) is 3.88. The standard InChI is InChI=1S/C22H27ClN2O4/c23-17-4-3-5-18(12-17)25-10-8-24(9-11-25)13-19(26)14-27-15-20-16-28-21-6-1-2-7-22(21)29-20/h1-7,12,19-20,26H,8-11,13-16H2/t19-,20+/m1/s1. The monoisotopic (exact) mass is 418 g/mol. The minimum Gasteiger partial charge on any atom is -0.486 e. The number of halogens is 1. The first-order valence-electron chi connectivity index (χ1n) is 10.0. The van der Waals surface area contributed by atoms with E-state index < -0.39 is 6.10 Å². The van der Waals surface area contributed by atoms with Gasteiger partial charge >= 0.3 is 0 Å². The Bertz CT molecular complexity index is 798. The molecule has 2 aliphatic rings. The lowest BCUT2D eigenvalue weighted by molar-refractivity contribution is -0.0292. The fourth-order valence-electron chi connectivity index (χ4n) is 3.69. The molecule has 2 atom stereocenters. The molecule has 0 radical (unpaired) electrons. The number of piperazine rings is 1. The van der Waals surface area contributed by atoms with E-state index in [0.29, 0.717) is 19.8 Å². The first-order chi connectivity index (χ1) is 14.2. The van der Waals surface area contributed by atoms with Crippen LogP contribution in [0.15, 0.2) is 48.5 Å². The average Bonchev–Trinajstić information content (AvgIpc) is 2.74. The molecule has 2 aromatic carbocycles. The van der Waals surface area contributed by atoms with Gasteiger partial charge in [-0.15, -0.1) is 0 Å². The van der Waals surface area contributed by atoms with E-state index in [2.05, 4.69) is 15.9 Å². The topological polar surface area (TPSA) is 54.4 Å². The number of fused-ring (bicyclic) bond motifs is 1. The maximum Gasteiger partial charge on any atom is 0.161 e. The average molecular weight is 419 g/mol. The van der Waals surface area contributed by atoms with Crippen LogP contribution in [0.3, 0.4) is 0 Å². The van der Waals surface area contributed by atoms with Crippen molar-refractivity contribution in [2.75, 3.05) is 57.4 Å². The molecular formula is C22H27ClN2O4. The lowest BCUT2D eigenvalue weighted by Gasteiger charge is -2.37. The quantitative estimate of drug-likeness (QED) is 0.746. The highest BCUT2D eigenvalue weighted by Crippen LogP contribution is 2.30. The van der Waals surface area contributed by atoms with Crippen molar-refractivity contribution in [3.8, 4) is 11.5 Å². The summed E-state index contributed by atoms with van der Waals surface area (Å²) in [6.45, 7) is 5.39. The lowest BCUT2D eigenvalue weighted by atomic mass is 10.2. The first kappa shape index (κ1) is 20.3. The van der Waals surface area contributed by atoms with Crippen LogP contribution in [0.5, 0.6) is 11.5 Å². The highest BCUT2D eigenvalue weighted by molar-refractivity contribution is 6.30. The molecule has 0 spiro atoms. The molecule has 1 fully saturated rings. The van der Waals surface area contributed by atoms with Crippen molar-refractivity contribution >= 4 is 17.3 Å². The van der Waals surface area contributed by atoms with Crippen molar-refractivity contribution in [3.05, 3.63) is 53.6 Å². The van der Waals surface area contributed by atoms with E-state index in [-0.39, 0.29) is 12.7 Å². The van der Waals surface area contributed by atoms with Gasteiger partial charge in [0.05, 0.1) is 19.3 Å². The molecule has 0 aromatic heterocycles. The number of anilines is 1. The van der Waals surface area contributed by atoms with Gasteiger partial charge in [0, 0.05) is 43.4 Å². The summed E-state index contributed by atoms with van der Waals surface area (Å²) >= 11 is 6.09. The molecule has 29 heavy (non-hydrogen) atoms. The van der Waals surface area contributed by atoms with Gasteiger partial charge in [0.1, 0.15) is 6.61 Å². The first-order valence-corrected chi connectivity index (χ1v) is 10.4. The molecule has 6 nitrogen and oxygen atoms in total.